The third-order valence-electron chi connectivity index (χ3n) is 6.36. The first kappa shape index (κ1) is 21.3. The Balaban J connectivity index is 1.48. The SMILES string of the molecule is C[C@H]1CCc2c(sc(NC(=O)c3cc(-c4ccco4)nc4onc(-c5ccccc5)c34)c2C#N)C1. The number of aromatic nitrogens is 2. The van der Waals surface area contributed by atoms with Gasteiger partial charge in [0.25, 0.3) is 11.6 Å². The van der Waals surface area contributed by atoms with Gasteiger partial charge in [-0.25, -0.2) is 4.98 Å². The summed E-state index contributed by atoms with van der Waals surface area (Å²) in [6.45, 7) is 2.22. The van der Waals surface area contributed by atoms with Crippen molar-refractivity contribution in [1.82, 2.24) is 10.1 Å². The third kappa shape index (κ3) is 3.70. The predicted octanol–water partition coefficient (Wildman–Crippen LogP) is 6.46. The number of furan rings is 1. The van der Waals surface area contributed by atoms with Crippen molar-refractivity contribution in [3.63, 3.8) is 0 Å². The van der Waals surface area contributed by atoms with E-state index in [4.69, 9.17) is 8.94 Å². The summed E-state index contributed by atoms with van der Waals surface area (Å²) in [7, 11) is 0. The number of thiophene rings is 1. The summed E-state index contributed by atoms with van der Waals surface area (Å²) in [5.74, 6) is 0.725. The van der Waals surface area contributed by atoms with Crippen molar-refractivity contribution in [2.45, 2.75) is 26.2 Å². The van der Waals surface area contributed by atoms with Gasteiger partial charge in [-0.05, 0) is 48.9 Å². The average molecular weight is 481 g/mol. The molecule has 0 fully saturated rings. The maximum atomic E-state index is 13.7. The Morgan fingerprint density at radius 2 is 2.09 bits per heavy atom. The molecule has 0 unspecified atom stereocenters. The highest BCUT2D eigenvalue weighted by Gasteiger charge is 2.27. The van der Waals surface area contributed by atoms with Crippen LogP contribution < -0.4 is 5.32 Å². The number of carbonyl (C=O) groups excluding carboxylic acids is 1. The lowest BCUT2D eigenvalue weighted by atomic mass is 9.88. The van der Waals surface area contributed by atoms with E-state index in [1.54, 1.807) is 24.5 Å². The number of nitrogens with one attached hydrogen (secondary N) is 1. The topological polar surface area (TPSA) is 105 Å². The van der Waals surface area contributed by atoms with E-state index in [1.165, 1.54) is 16.2 Å². The summed E-state index contributed by atoms with van der Waals surface area (Å²) in [6.07, 6.45) is 4.38. The maximum Gasteiger partial charge on any atom is 0.259 e. The van der Waals surface area contributed by atoms with E-state index in [0.717, 1.165) is 30.4 Å². The molecule has 5 aromatic rings. The number of nitrogens with zero attached hydrogens (tertiary/aromatic N) is 3. The van der Waals surface area contributed by atoms with Crippen LogP contribution in [0.2, 0.25) is 0 Å². The highest BCUT2D eigenvalue weighted by atomic mass is 32.1. The lowest BCUT2D eigenvalue weighted by molar-refractivity contribution is 0.102. The molecule has 0 bridgehead atoms. The molecule has 4 aromatic heterocycles. The molecule has 0 spiro atoms. The van der Waals surface area contributed by atoms with Gasteiger partial charge in [0.1, 0.15) is 22.5 Å². The standard InChI is InChI=1S/C27H20N4O3S/c1-15-9-10-17-19(14-28)27(35-22(17)12-15)30-25(32)18-13-20(21-8-5-11-33-21)29-26-23(18)24(31-34-26)16-6-3-2-4-7-16/h2-8,11,13,15H,9-10,12H2,1H3,(H,30,32)/t15-/m0/s1. The minimum absolute atomic E-state index is 0.239. The fourth-order valence-corrected chi connectivity index (χ4v) is 5.96. The second-order valence-corrected chi connectivity index (χ2v) is 9.84. The van der Waals surface area contributed by atoms with Crippen molar-refractivity contribution in [2.24, 2.45) is 5.92 Å². The van der Waals surface area contributed by atoms with E-state index in [0.29, 0.717) is 44.6 Å². The number of hydrogen-bond acceptors (Lipinski definition) is 7. The zero-order chi connectivity index (χ0) is 23.9. The van der Waals surface area contributed by atoms with Crippen molar-refractivity contribution in [2.75, 3.05) is 5.32 Å². The molecule has 1 aliphatic rings. The molecule has 1 amide bonds. The lowest BCUT2D eigenvalue weighted by Gasteiger charge is -2.17. The van der Waals surface area contributed by atoms with Crippen LogP contribution in [0, 0.1) is 17.2 Å². The molecule has 0 radical (unpaired) electrons. The van der Waals surface area contributed by atoms with E-state index in [9.17, 15) is 10.1 Å². The van der Waals surface area contributed by atoms with E-state index in [2.05, 4.69) is 28.5 Å². The Hall–Kier alpha value is -4.22. The summed E-state index contributed by atoms with van der Waals surface area (Å²) in [5.41, 5.74) is 4.03. The van der Waals surface area contributed by atoms with E-state index >= 15 is 0 Å². The molecule has 35 heavy (non-hydrogen) atoms. The number of amides is 1. The van der Waals surface area contributed by atoms with Crippen LogP contribution in [0.3, 0.4) is 0 Å². The molecule has 7 nitrogen and oxygen atoms in total. The fourth-order valence-electron chi connectivity index (χ4n) is 4.60. The second kappa shape index (κ2) is 8.53. The summed E-state index contributed by atoms with van der Waals surface area (Å²) in [4.78, 5) is 19.5. The van der Waals surface area contributed by atoms with Crippen molar-refractivity contribution >= 4 is 33.3 Å². The van der Waals surface area contributed by atoms with E-state index in [-0.39, 0.29) is 11.6 Å². The van der Waals surface area contributed by atoms with Gasteiger partial charge in [0, 0.05) is 10.4 Å². The smallest absolute Gasteiger partial charge is 0.259 e. The van der Waals surface area contributed by atoms with Gasteiger partial charge in [-0.2, -0.15) is 5.26 Å². The third-order valence-corrected chi connectivity index (χ3v) is 7.53. The molecule has 8 heteroatoms. The Labute approximate surface area is 205 Å². The van der Waals surface area contributed by atoms with Crippen LogP contribution in [0.25, 0.3) is 33.8 Å². The Morgan fingerprint density at radius 1 is 1.23 bits per heavy atom. The molecule has 1 atom stereocenters. The normalized spacial score (nSPS) is 15.0. The van der Waals surface area contributed by atoms with Gasteiger partial charge in [0.05, 0.1) is 22.8 Å². The van der Waals surface area contributed by atoms with Crippen LogP contribution in [0.4, 0.5) is 5.00 Å². The first-order valence-electron chi connectivity index (χ1n) is 11.4. The molecular weight excluding hydrogens is 460 g/mol. The molecule has 172 valence electrons. The van der Waals surface area contributed by atoms with Crippen LogP contribution in [0.15, 0.2) is 63.7 Å². The number of hydrogen-bond donors (Lipinski definition) is 1. The number of anilines is 1. The fraction of sp³-hybridized carbons (Fsp3) is 0.185. The Morgan fingerprint density at radius 3 is 2.86 bits per heavy atom. The monoisotopic (exact) mass is 480 g/mol. The molecule has 0 aliphatic heterocycles. The van der Waals surface area contributed by atoms with Crippen molar-refractivity contribution < 1.29 is 13.7 Å². The molecule has 0 saturated carbocycles. The zero-order valence-electron chi connectivity index (χ0n) is 18.9. The van der Waals surface area contributed by atoms with Gasteiger partial charge < -0.3 is 14.3 Å². The van der Waals surface area contributed by atoms with Gasteiger partial charge in [-0.3, -0.25) is 4.79 Å². The minimum Gasteiger partial charge on any atom is -0.463 e. The summed E-state index contributed by atoms with van der Waals surface area (Å²) >= 11 is 1.50. The number of benzene rings is 1. The van der Waals surface area contributed by atoms with Crippen molar-refractivity contribution in [3.05, 3.63) is 76.4 Å². The van der Waals surface area contributed by atoms with Gasteiger partial charge in [0.15, 0.2) is 5.76 Å². The van der Waals surface area contributed by atoms with Gasteiger partial charge in [-0.1, -0.05) is 42.4 Å². The summed E-state index contributed by atoms with van der Waals surface area (Å²) in [5, 5.41) is 18.2. The van der Waals surface area contributed by atoms with E-state index in [1.807, 2.05) is 30.3 Å². The minimum atomic E-state index is -0.353. The zero-order valence-corrected chi connectivity index (χ0v) is 19.7. The molecule has 0 saturated heterocycles. The average Bonchev–Trinajstić information content (AvgIpc) is 3.62. The van der Waals surface area contributed by atoms with Gasteiger partial charge in [0.2, 0.25) is 0 Å². The highest BCUT2D eigenvalue weighted by Crippen LogP contribution is 2.40. The van der Waals surface area contributed by atoms with Crippen LogP contribution >= 0.6 is 11.3 Å². The number of nitriles is 1. The first-order valence-corrected chi connectivity index (χ1v) is 12.2. The molecule has 6 rings (SSSR count). The molecule has 4 heterocycles. The second-order valence-electron chi connectivity index (χ2n) is 8.73. The number of pyridine rings is 1. The summed E-state index contributed by atoms with van der Waals surface area (Å²) < 4.78 is 11.1. The van der Waals surface area contributed by atoms with Crippen LogP contribution in [0.5, 0.6) is 0 Å². The largest absolute Gasteiger partial charge is 0.463 e. The van der Waals surface area contributed by atoms with Crippen molar-refractivity contribution in [1.29, 1.82) is 5.26 Å². The Bertz CT molecular complexity index is 1590. The molecule has 1 aliphatic carbocycles. The number of carbonyl (C=O) groups is 1. The van der Waals surface area contributed by atoms with Crippen molar-refractivity contribution in [3.8, 4) is 28.8 Å². The predicted molar refractivity (Wildman–Crippen MR) is 133 cm³/mol. The van der Waals surface area contributed by atoms with Gasteiger partial charge in [-0.15, -0.1) is 11.3 Å². The molecule has 1 aromatic carbocycles. The summed E-state index contributed by atoms with van der Waals surface area (Å²) in [6, 6.07) is 17.0. The van der Waals surface area contributed by atoms with Gasteiger partial charge >= 0.3 is 0 Å². The van der Waals surface area contributed by atoms with Crippen LogP contribution in [-0.4, -0.2) is 16.0 Å². The molecule has 1 N–H and O–H groups in total. The quantitative estimate of drug-likeness (QED) is 0.316. The Kier molecular flexibility index (Phi) is 5.20. The number of rotatable bonds is 4. The van der Waals surface area contributed by atoms with Crippen LogP contribution in [0.1, 0.15) is 39.7 Å². The van der Waals surface area contributed by atoms with E-state index < -0.39 is 0 Å². The molecular formula is C27H20N4O3S. The number of fused-ring (bicyclic) bond motifs is 2. The highest BCUT2D eigenvalue weighted by molar-refractivity contribution is 7.16. The lowest BCUT2D eigenvalue weighted by Crippen LogP contribution is -2.13. The first-order chi connectivity index (χ1) is 17.1. The maximum absolute atomic E-state index is 13.7. The van der Waals surface area contributed by atoms with Crippen LogP contribution in [-0.2, 0) is 12.8 Å².